The number of nitrogens with zero attached hydrogens (tertiary/aromatic N) is 1. The van der Waals surface area contributed by atoms with Crippen molar-refractivity contribution < 1.29 is 9.53 Å². The Morgan fingerprint density at radius 3 is 2.79 bits per heavy atom. The number of hydrogen-bond acceptors (Lipinski definition) is 3. The maximum Gasteiger partial charge on any atom is 0.410 e. The van der Waals surface area contributed by atoms with Gasteiger partial charge in [-0.2, -0.15) is 0 Å². The van der Waals surface area contributed by atoms with Crippen molar-refractivity contribution in [2.75, 3.05) is 19.6 Å². The molecule has 1 aliphatic carbocycles. The first-order chi connectivity index (χ1) is 8.97. The Hall–Kier alpha value is -1.03. The number of nitrogens with one attached hydrogen (secondary N) is 1. The van der Waals surface area contributed by atoms with Crippen molar-refractivity contribution in [3.8, 4) is 0 Å². The summed E-state index contributed by atoms with van der Waals surface area (Å²) in [5.74, 6) is 0.560. The molecule has 1 heterocycles. The Kier molecular flexibility index (Phi) is 4.50. The smallest absolute Gasteiger partial charge is 0.410 e. The lowest BCUT2D eigenvalue weighted by Crippen LogP contribution is -2.57. The van der Waals surface area contributed by atoms with Crippen molar-refractivity contribution in [3.63, 3.8) is 0 Å². The molecule has 0 spiro atoms. The number of hydrogen-bond donors (Lipinski definition) is 1. The number of ether oxygens (including phenoxy) is 1. The molecule has 2 rings (SSSR count). The molecule has 2 aliphatic rings. The molecule has 2 unspecified atom stereocenters. The van der Waals surface area contributed by atoms with Gasteiger partial charge in [-0.3, -0.25) is 0 Å². The maximum absolute atomic E-state index is 12.3. The van der Waals surface area contributed by atoms with Crippen LogP contribution in [0.5, 0.6) is 0 Å². The summed E-state index contributed by atoms with van der Waals surface area (Å²) in [4.78, 5) is 14.3. The lowest BCUT2D eigenvalue weighted by Gasteiger charge is -2.41. The largest absolute Gasteiger partial charge is 0.444 e. The van der Waals surface area contributed by atoms with Crippen LogP contribution in [-0.2, 0) is 4.74 Å². The highest BCUT2D eigenvalue weighted by atomic mass is 16.6. The molecular weight excluding hydrogens is 240 g/mol. The predicted molar refractivity (Wildman–Crippen MR) is 76.1 cm³/mol. The Morgan fingerprint density at radius 2 is 2.16 bits per heavy atom. The van der Waals surface area contributed by atoms with E-state index in [4.69, 9.17) is 4.74 Å². The molecule has 1 aliphatic heterocycles. The van der Waals surface area contributed by atoms with Crippen molar-refractivity contribution in [1.82, 2.24) is 10.2 Å². The van der Waals surface area contributed by atoms with E-state index in [1.54, 1.807) is 0 Å². The van der Waals surface area contributed by atoms with Gasteiger partial charge in [-0.05, 0) is 46.0 Å². The monoisotopic (exact) mass is 266 g/mol. The summed E-state index contributed by atoms with van der Waals surface area (Å²) in [6, 6.07) is 0.272. The zero-order valence-electron chi connectivity index (χ0n) is 12.3. The topological polar surface area (TPSA) is 41.6 Å². The number of carbonyl (C=O) groups is 1. The normalized spacial score (nSPS) is 28.3. The molecule has 1 fully saturated rings. The highest BCUT2D eigenvalue weighted by Gasteiger charge is 2.34. The van der Waals surface area contributed by atoms with E-state index in [1.165, 1.54) is 6.42 Å². The fourth-order valence-electron chi connectivity index (χ4n) is 2.86. The summed E-state index contributed by atoms with van der Waals surface area (Å²) in [7, 11) is 0. The first-order valence-electron chi connectivity index (χ1n) is 7.33. The lowest BCUT2D eigenvalue weighted by atomic mass is 9.86. The van der Waals surface area contributed by atoms with Crippen LogP contribution < -0.4 is 5.32 Å². The molecule has 4 heteroatoms. The molecule has 2 atom stereocenters. The second-order valence-electron chi connectivity index (χ2n) is 6.49. The molecule has 1 N–H and O–H groups in total. The molecule has 108 valence electrons. The molecule has 0 radical (unpaired) electrons. The van der Waals surface area contributed by atoms with E-state index >= 15 is 0 Å². The first kappa shape index (κ1) is 14.4. The summed E-state index contributed by atoms with van der Waals surface area (Å²) in [5.41, 5.74) is -0.418. The van der Waals surface area contributed by atoms with Crippen LogP contribution in [0.2, 0.25) is 0 Å². The maximum atomic E-state index is 12.3. The zero-order valence-corrected chi connectivity index (χ0v) is 12.3. The number of amides is 1. The van der Waals surface area contributed by atoms with Crippen LogP contribution in [0.25, 0.3) is 0 Å². The molecule has 4 nitrogen and oxygen atoms in total. The van der Waals surface area contributed by atoms with E-state index in [2.05, 4.69) is 17.5 Å². The lowest BCUT2D eigenvalue weighted by molar-refractivity contribution is 0.00369. The Balaban J connectivity index is 2.03. The van der Waals surface area contributed by atoms with E-state index in [-0.39, 0.29) is 12.1 Å². The zero-order chi connectivity index (χ0) is 13.9. The summed E-state index contributed by atoms with van der Waals surface area (Å²) in [6.07, 6.45) is 7.70. The second-order valence-corrected chi connectivity index (χ2v) is 6.49. The van der Waals surface area contributed by atoms with Gasteiger partial charge in [0, 0.05) is 19.6 Å². The Bertz CT molecular complexity index is 347. The van der Waals surface area contributed by atoms with Gasteiger partial charge in [0.2, 0.25) is 0 Å². The van der Waals surface area contributed by atoms with Crippen LogP contribution in [-0.4, -0.2) is 42.3 Å². The third-order valence-corrected chi connectivity index (χ3v) is 3.77. The second kappa shape index (κ2) is 5.95. The number of rotatable bonds is 1. The number of carbonyl (C=O) groups excluding carboxylic acids is 1. The molecule has 0 bridgehead atoms. The van der Waals surface area contributed by atoms with Crippen molar-refractivity contribution in [2.45, 2.75) is 51.7 Å². The number of allylic oxidation sites excluding steroid dienone is 2. The van der Waals surface area contributed by atoms with Gasteiger partial charge in [0.25, 0.3) is 0 Å². The van der Waals surface area contributed by atoms with E-state index in [1.807, 2.05) is 25.7 Å². The number of piperazine rings is 1. The van der Waals surface area contributed by atoms with Crippen molar-refractivity contribution in [3.05, 3.63) is 12.2 Å². The summed E-state index contributed by atoms with van der Waals surface area (Å²) in [6.45, 7) is 8.26. The van der Waals surface area contributed by atoms with Crippen molar-refractivity contribution >= 4 is 6.09 Å². The standard InChI is InChI=1S/C15H26N2O2/c1-15(2,3)19-14(18)17-10-9-16-11-13(17)12-7-5-4-6-8-12/h4-5,12-13,16H,6-11H2,1-3H3. The van der Waals surface area contributed by atoms with Crippen molar-refractivity contribution in [2.24, 2.45) is 5.92 Å². The van der Waals surface area contributed by atoms with E-state index in [9.17, 15) is 4.79 Å². The van der Waals surface area contributed by atoms with Gasteiger partial charge in [0.15, 0.2) is 0 Å². The highest BCUT2D eigenvalue weighted by molar-refractivity contribution is 5.68. The molecule has 0 saturated carbocycles. The van der Waals surface area contributed by atoms with Crippen LogP contribution in [0.15, 0.2) is 12.2 Å². The molecule has 1 saturated heterocycles. The predicted octanol–water partition coefficient (Wildman–Crippen LogP) is 2.55. The highest BCUT2D eigenvalue weighted by Crippen LogP contribution is 2.27. The van der Waals surface area contributed by atoms with Gasteiger partial charge in [0.1, 0.15) is 5.60 Å². The first-order valence-corrected chi connectivity index (χ1v) is 7.33. The van der Waals surface area contributed by atoms with E-state index < -0.39 is 5.60 Å². The van der Waals surface area contributed by atoms with Crippen LogP contribution in [0, 0.1) is 5.92 Å². The molecule has 0 aromatic heterocycles. The van der Waals surface area contributed by atoms with Gasteiger partial charge in [0.05, 0.1) is 6.04 Å². The van der Waals surface area contributed by atoms with E-state index in [0.29, 0.717) is 5.92 Å². The van der Waals surface area contributed by atoms with Crippen molar-refractivity contribution in [1.29, 1.82) is 0 Å². The van der Waals surface area contributed by atoms with Gasteiger partial charge < -0.3 is 15.0 Å². The molecule has 19 heavy (non-hydrogen) atoms. The minimum absolute atomic E-state index is 0.159. The van der Waals surface area contributed by atoms with E-state index in [0.717, 1.165) is 32.5 Å². The summed E-state index contributed by atoms with van der Waals surface area (Å²) < 4.78 is 5.54. The quantitative estimate of drug-likeness (QED) is 0.742. The fourth-order valence-corrected chi connectivity index (χ4v) is 2.86. The average Bonchev–Trinajstić information content (AvgIpc) is 2.38. The fraction of sp³-hybridized carbons (Fsp3) is 0.800. The van der Waals surface area contributed by atoms with Gasteiger partial charge in [-0.15, -0.1) is 0 Å². The minimum Gasteiger partial charge on any atom is -0.444 e. The third-order valence-electron chi connectivity index (χ3n) is 3.77. The van der Waals surface area contributed by atoms with Crippen LogP contribution in [0.1, 0.15) is 40.0 Å². The third kappa shape index (κ3) is 3.96. The van der Waals surface area contributed by atoms with Crippen LogP contribution in [0.3, 0.4) is 0 Å². The average molecular weight is 266 g/mol. The molecule has 0 aromatic carbocycles. The van der Waals surface area contributed by atoms with Gasteiger partial charge in [-0.1, -0.05) is 12.2 Å². The Morgan fingerprint density at radius 1 is 1.37 bits per heavy atom. The molecular formula is C15H26N2O2. The molecule has 1 amide bonds. The van der Waals surface area contributed by atoms with Gasteiger partial charge in [-0.25, -0.2) is 4.79 Å². The Labute approximate surface area is 116 Å². The van der Waals surface area contributed by atoms with Gasteiger partial charge >= 0.3 is 6.09 Å². The molecule has 0 aromatic rings. The summed E-state index contributed by atoms with van der Waals surface area (Å²) >= 11 is 0. The summed E-state index contributed by atoms with van der Waals surface area (Å²) in [5, 5.41) is 3.41. The van der Waals surface area contributed by atoms with Crippen LogP contribution in [0.4, 0.5) is 4.79 Å². The SMILES string of the molecule is CC(C)(C)OC(=O)N1CCNCC1C1CC=CCC1. The minimum atomic E-state index is -0.418. The van der Waals surface area contributed by atoms with Crippen LogP contribution >= 0.6 is 0 Å².